The van der Waals surface area contributed by atoms with Crippen molar-refractivity contribution < 1.29 is 0 Å². The molecule has 4 rings (SSSR count). The van der Waals surface area contributed by atoms with Crippen LogP contribution in [-0.4, -0.2) is 9.55 Å². The van der Waals surface area contributed by atoms with Crippen molar-refractivity contribution in [1.82, 2.24) is 9.55 Å². The molecule has 0 aliphatic carbocycles. The number of para-hydroxylation sites is 2. The van der Waals surface area contributed by atoms with Crippen molar-refractivity contribution in [3.8, 4) is 11.4 Å². The number of fused-ring (bicyclic) bond motifs is 1. The molecule has 0 atom stereocenters. The molecule has 1 aromatic heterocycles. The van der Waals surface area contributed by atoms with Crippen LogP contribution >= 0.6 is 15.9 Å². The van der Waals surface area contributed by atoms with Crippen molar-refractivity contribution in [2.24, 2.45) is 0 Å². The number of rotatable bonds is 4. The minimum atomic E-state index is 0.552. The van der Waals surface area contributed by atoms with Gasteiger partial charge in [0.15, 0.2) is 0 Å². The molecule has 3 heteroatoms. The quantitative estimate of drug-likeness (QED) is 0.372. The normalized spacial score (nSPS) is 11.4. The van der Waals surface area contributed by atoms with E-state index in [2.05, 4.69) is 101 Å². The predicted octanol–water partition coefficient (Wildman–Crippen LogP) is 6.64. The highest BCUT2D eigenvalue weighted by atomic mass is 79.9. The summed E-state index contributed by atoms with van der Waals surface area (Å²) in [6, 6.07) is 25.6. The fourth-order valence-corrected chi connectivity index (χ4v) is 3.51. The maximum Gasteiger partial charge on any atom is 0.141 e. The van der Waals surface area contributed by atoms with Gasteiger partial charge in [-0.3, -0.25) is 0 Å². The van der Waals surface area contributed by atoms with E-state index in [1.54, 1.807) is 0 Å². The maximum absolute atomic E-state index is 4.90. The van der Waals surface area contributed by atoms with E-state index in [0.29, 0.717) is 5.92 Å². The molecule has 0 amide bonds. The lowest BCUT2D eigenvalue weighted by Gasteiger charge is -2.11. The molecule has 0 saturated heterocycles. The van der Waals surface area contributed by atoms with E-state index in [1.165, 1.54) is 16.6 Å². The largest absolute Gasteiger partial charge is 0.319 e. The maximum atomic E-state index is 4.90. The van der Waals surface area contributed by atoms with Crippen molar-refractivity contribution in [3.05, 3.63) is 88.4 Å². The molecule has 0 fully saturated rings. The Morgan fingerprint density at radius 2 is 1.58 bits per heavy atom. The highest BCUT2D eigenvalue weighted by molar-refractivity contribution is 9.10. The van der Waals surface area contributed by atoms with E-state index in [9.17, 15) is 0 Å². The summed E-state index contributed by atoms with van der Waals surface area (Å²) < 4.78 is 3.39. The smallest absolute Gasteiger partial charge is 0.141 e. The van der Waals surface area contributed by atoms with Gasteiger partial charge in [-0.25, -0.2) is 4.98 Å². The third-order valence-electron chi connectivity index (χ3n) is 4.74. The number of benzene rings is 3. The lowest BCUT2D eigenvalue weighted by Crippen LogP contribution is -2.02. The number of aromatic nitrogens is 2. The van der Waals surface area contributed by atoms with Crippen molar-refractivity contribution in [3.63, 3.8) is 0 Å². The fourth-order valence-electron chi connectivity index (χ4n) is 3.25. The molecule has 0 bridgehead atoms. The lowest BCUT2D eigenvalue weighted by molar-refractivity contribution is 0.827. The Morgan fingerprint density at radius 1 is 0.885 bits per heavy atom. The van der Waals surface area contributed by atoms with Crippen LogP contribution in [0.5, 0.6) is 0 Å². The molecule has 0 radical (unpaired) electrons. The Hall–Kier alpha value is -2.39. The van der Waals surface area contributed by atoms with Crippen LogP contribution in [-0.2, 0) is 6.54 Å². The van der Waals surface area contributed by atoms with Gasteiger partial charge < -0.3 is 4.57 Å². The van der Waals surface area contributed by atoms with Crippen LogP contribution in [0, 0.1) is 0 Å². The first-order valence-corrected chi connectivity index (χ1v) is 9.71. The minimum Gasteiger partial charge on any atom is -0.319 e. The van der Waals surface area contributed by atoms with Crippen molar-refractivity contribution >= 4 is 27.0 Å². The van der Waals surface area contributed by atoms with Crippen LogP contribution in [0.4, 0.5) is 0 Å². The molecule has 2 nitrogen and oxygen atoms in total. The van der Waals surface area contributed by atoms with Crippen LogP contribution in [0.3, 0.4) is 0 Å². The average Bonchev–Trinajstić information content (AvgIpc) is 3.01. The Kier molecular flexibility index (Phi) is 4.64. The first-order chi connectivity index (χ1) is 12.6. The summed E-state index contributed by atoms with van der Waals surface area (Å²) in [5, 5.41) is 0. The van der Waals surface area contributed by atoms with Crippen LogP contribution in [0.25, 0.3) is 22.4 Å². The molecule has 26 heavy (non-hydrogen) atoms. The molecule has 1 heterocycles. The standard InChI is InChI=1S/C23H21BrN2/c1-16(2)18-9-7-17(8-10-18)15-26-22-6-4-3-5-21(22)25-23(26)19-11-13-20(24)14-12-19/h3-14,16H,15H2,1-2H3. The molecule has 3 aromatic carbocycles. The monoisotopic (exact) mass is 404 g/mol. The summed E-state index contributed by atoms with van der Waals surface area (Å²) >= 11 is 3.52. The van der Waals surface area contributed by atoms with Crippen molar-refractivity contribution in [1.29, 1.82) is 0 Å². The van der Waals surface area contributed by atoms with Gasteiger partial charge in [-0.1, -0.05) is 78.3 Å². The molecule has 0 N–H and O–H groups in total. The van der Waals surface area contributed by atoms with Gasteiger partial charge in [-0.15, -0.1) is 0 Å². The van der Waals surface area contributed by atoms with E-state index in [0.717, 1.165) is 27.9 Å². The van der Waals surface area contributed by atoms with Gasteiger partial charge >= 0.3 is 0 Å². The lowest BCUT2D eigenvalue weighted by atomic mass is 10.0. The Morgan fingerprint density at radius 3 is 2.27 bits per heavy atom. The van der Waals surface area contributed by atoms with E-state index >= 15 is 0 Å². The predicted molar refractivity (Wildman–Crippen MR) is 113 cm³/mol. The zero-order valence-electron chi connectivity index (χ0n) is 15.0. The van der Waals surface area contributed by atoms with Crippen LogP contribution in [0.1, 0.15) is 30.9 Å². The van der Waals surface area contributed by atoms with Gasteiger partial charge in [0.1, 0.15) is 5.82 Å². The number of nitrogens with zero attached hydrogens (tertiary/aromatic N) is 2. The van der Waals surface area contributed by atoms with E-state index in [-0.39, 0.29) is 0 Å². The van der Waals surface area contributed by atoms with Gasteiger partial charge in [-0.2, -0.15) is 0 Å². The van der Waals surface area contributed by atoms with Gasteiger partial charge in [0.25, 0.3) is 0 Å². The van der Waals surface area contributed by atoms with E-state index < -0.39 is 0 Å². The summed E-state index contributed by atoms with van der Waals surface area (Å²) in [5.41, 5.74) is 5.99. The molecule has 0 aliphatic rings. The number of hydrogen-bond acceptors (Lipinski definition) is 1. The molecule has 0 unspecified atom stereocenters. The Balaban J connectivity index is 1.79. The van der Waals surface area contributed by atoms with Crippen molar-refractivity contribution in [2.75, 3.05) is 0 Å². The number of halogens is 1. The second-order valence-electron chi connectivity index (χ2n) is 6.91. The Bertz CT molecular complexity index is 1030. The van der Waals surface area contributed by atoms with E-state index in [4.69, 9.17) is 4.98 Å². The second-order valence-corrected chi connectivity index (χ2v) is 7.83. The van der Waals surface area contributed by atoms with Gasteiger partial charge in [0, 0.05) is 16.6 Å². The fraction of sp³-hybridized carbons (Fsp3) is 0.174. The molecule has 130 valence electrons. The van der Waals surface area contributed by atoms with Gasteiger partial charge in [0.2, 0.25) is 0 Å². The number of hydrogen-bond donors (Lipinski definition) is 0. The molecule has 0 saturated carbocycles. The summed E-state index contributed by atoms with van der Waals surface area (Å²) in [6.07, 6.45) is 0. The second kappa shape index (κ2) is 7.08. The Labute approximate surface area is 162 Å². The zero-order chi connectivity index (χ0) is 18.1. The first-order valence-electron chi connectivity index (χ1n) is 8.92. The first kappa shape index (κ1) is 17.0. The van der Waals surface area contributed by atoms with Crippen LogP contribution in [0.2, 0.25) is 0 Å². The molecular weight excluding hydrogens is 384 g/mol. The summed E-state index contributed by atoms with van der Waals surface area (Å²) in [6.45, 7) is 5.26. The summed E-state index contributed by atoms with van der Waals surface area (Å²) in [5.74, 6) is 1.56. The molecule has 0 spiro atoms. The van der Waals surface area contributed by atoms with Crippen LogP contribution < -0.4 is 0 Å². The van der Waals surface area contributed by atoms with Crippen LogP contribution in [0.15, 0.2) is 77.3 Å². The summed E-state index contributed by atoms with van der Waals surface area (Å²) in [7, 11) is 0. The third kappa shape index (κ3) is 3.32. The highest BCUT2D eigenvalue weighted by Gasteiger charge is 2.13. The molecule has 0 aliphatic heterocycles. The number of imidazole rings is 1. The van der Waals surface area contributed by atoms with Crippen molar-refractivity contribution in [2.45, 2.75) is 26.3 Å². The topological polar surface area (TPSA) is 17.8 Å². The molecular formula is C23H21BrN2. The minimum absolute atomic E-state index is 0.552. The third-order valence-corrected chi connectivity index (χ3v) is 5.27. The molecule has 4 aromatic rings. The SMILES string of the molecule is CC(C)c1ccc(Cn2c(-c3ccc(Br)cc3)nc3ccccc32)cc1. The van der Waals surface area contributed by atoms with Gasteiger partial charge in [-0.05, 0) is 41.3 Å². The average molecular weight is 405 g/mol. The zero-order valence-corrected chi connectivity index (χ0v) is 16.6. The highest BCUT2D eigenvalue weighted by Crippen LogP contribution is 2.27. The summed E-state index contributed by atoms with van der Waals surface area (Å²) in [4.78, 5) is 4.90. The van der Waals surface area contributed by atoms with Gasteiger partial charge in [0.05, 0.1) is 11.0 Å². The van der Waals surface area contributed by atoms with E-state index in [1.807, 2.05) is 6.07 Å².